The van der Waals surface area contributed by atoms with E-state index in [-0.39, 0.29) is 15.5 Å². The molecule has 0 unspecified atom stereocenters. The van der Waals surface area contributed by atoms with Crippen molar-refractivity contribution in [2.45, 2.75) is 4.90 Å². The Balaban J connectivity index is 2.27. The maximum Gasteiger partial charge on any atom is 0.261 e. The van der Waals surface area contributed by atoms with E-state index in [1.54, 1.807) is 0 Å². The summed E-state index contributed by atoms with van der Waals surface area (Å²) in [5.74, 6) is -0.206. The second-order valence-corrected chi connectivity index (χ2v) is 6.43. The van der Waals surface area contributed by atoms with Crippen LogP contribution in [-0.2, 0) is 10.0 Å². The van der Waals surface area contributed by atoms with Crippen molar-refractivity contribution in [2.24, 2.45) is 5.73 Å². The standard InChI is InChI=1S/C14H13ClN2O4S/c1-21-13-7-6-11(8-12(13)15)22(19,20)17-10-4-2-9(3-5-10)14(16)18/h2-8,17H,1H3,(H2,16,18). The summed E-state index contributed by atoms with van der Waals surface area (Å²) in [5, 5.41) is 0.189. The number of hydrogen-bond donors (Lipinski definition) is 2. The van der Waals surface area contributed by atoms with Crippen molar-refractivity contribution in [3.63, 3.8) is 0 Å². The first-order valence-corrected chi connectivity index (χ1v) is 7.96. The summed E-state index contributed by atoms with van der Waals surface area (Å²) in [7, 11) is -2.36. The van der Waals surface area contributed by atoms with Gasteiger partial charge in [0.2, 0.25) is 5.91 Å². The number of nitrogens with one attached hydrogen (secondary N) is 1. The van der Waals surface area contributed by atoms with Gasteiger partial charge in [-0.05, 0) is 42.5 Å². The fourth-order valence-electron chi connectivity index (χ4n) is 1.73. The number of primary amides is 1. The van der Waals surface area contributed by atoms with E-state index in [9.17, 15) is 13.2 Å². The normalized spacial score (nSPS) is 11.0. The summed E-state index contributed by atoms with van der Waals surface area (Å²) >= 11 is 5.93. The maximum absolute atomic E-state index is 12.3. The molecule has 0 aliphatic rings. The molecule has 116 valence electrons. The van der Waals surface area contributed by atoms with Crippen molar-refractivity contribution in [3.8, 4) is 5.75 Å². The highest BCUT2D eigenvalue weighted by atomic mass is 35.5. The number of carbonyl (C=O) groups excluding carboxylic acids is 1. The fraction of sp³-hybridized carbons (Fsp3) is 0.0714. The zero-order chi connectivity index (χ0) is 16.3. The Morgan fingerprint density at radius 2 is 1.82 bits per heavy atom. The number of halogens is 1. The average molecular weight is 341 g/mol. The van der Waals surface area contributed by atoms with Crippen molar-refractivity contribution < 1.29 is 17.9 Å². The smallest absolute Gasteiger partial charge is 0.261 e. The molecule has 2 aromatic carbocycles. The summed E-state index contributed by atoms with van der Waals surface area (Å²) in [6.07, 6.45) is 0. The number of anilines is 1. The van der Waals surface area contributed by atoms with E-state index >= 15 is 0 Å². The van der Waals surface area contributed by atoms with Gasteiger partial charge in [-0.25, -0.2) is 8.42 Å². The van der Waals surface area contributed by atoms with Crippen LogP contribution >= 0.6 is 11.6 Å². The molecule has 6 nitrogen and oxygen atoms in total. The van der Waals surface area contributed by atoms with E-state index in [1.165, 1.54) is 49.6 Å². The van der Waals surface area contributed by atoms with Crippen molar-refractivity contribution in [2.75, 3.05) is 11.8 Å². The molecule has 8 heteroatoms. The van der Waals surface area contributed by atoms with Crippen LogP contribution in [0.4, 0.5) is 5.69 Å². The molecule has 0 spiro atoms. The van der Waals surface area contributed by atoms with Crippen molar-refractivity contribution in [1.29, 1.82) is 0 Å². The molecule has 0 saturated carbocycles. The molecule has 0 saturated heterocycles. The third-order valence-electron chi connectivity index (χ3n) is 2.86. The van der Waals surface area contributed by atoms with Gasteiger partial charge in [-0.3, -0.25) is 9.52 Å². The minimum Gasteiger partial charge on any atom is -0.495 e. The Morgan fingerprint density at radius 3 is 2.32 bits per heavy atom. The lowest BCUT2D eigenvalue weighted by Crippen LogP contribution is -2.14. The Hall–Kier alpha value is -2.25. The number of methoxy groups -OCH3 is 1. The number of sulfonamides is 1. The molecule has 2 aromatic rings. The number of benzene rings is 2. The average Bonchev–Trinajstić information content (AvgIpc) is 2.47. The molecule has 0 bridgehead atoms. The van der Waals surface area contributed by atoms with Crippen LogP contribution in [0.2, 0.25) is 5.02 Å². The Labute approximate surface area is 132 Å². The third-order valence-corrected chi connectivity index (χ3v) is 4.53. The van der Waals surface area contributed by atoms with Crippen molar-refractivity contribution >= 4 is 33.2 Å². The summed E-state index contributed by atoms with van der Waals surface area (Å²) in [6.45, 7) is 0. The molecule has 0 fully saturated rings. The van der Waals surface area contributed by atoms with Gasteiger partial charge in [0.1, 0.15) is 5.75 Å². The molecular formula is C14H13ClN2O4S. The van der Waals surface area contributed by atoms with Crippen molar-refractivity contribution in [1.82, 2.24) is 0 Å². The highest BCUT2D eigenvalue weighted by molar-refractivity contribution is 7.92. The molecule has 3 N–H and O–H groups in total. The second kappa shape index (κ2) is 6.25. The summed E-state index contributed by atoms with van der Waals surface area (Å²) in [6, 6.07) is 9.90. The molecule has 0 aliphatic heterocycles. The van der Waals surface area contributed by atoms with Crippen LogP contribution < -0.4 is 15.2 Å². The van der Waals surface area contributed by atoms with E-state index in [1.807, 2.05) is 0 Å². The molecule has 0 aliphatic carbocycles. The minimum absolute atomic E-state index is 0.00252. The summed E-state index contributed by atoms with van der Waals surface area (Å²) in [4.78, 5) is 11.0. The number of ether oxygens (including phenoxy) is 1. The van der Waals surface area contributed by atoms with Crippen LogP contribution in [0.15, 0.2) is 47.4 Å². The predicted octanol–water partition coefficient (Wildman–Crippen LogP) is 2.25. The van der Waals surface area contributed by atoms with Crippen LogP contribution in [-0.4, -0.2) is 21.4 Å². The first kappa shape index (κ1) is 16.1. The summed E-state index contributed by atoms with van der Waals surface area (Å²) < 4.78 is 31.9. The lowest BCUT2D eigenvalue weighted by atomic mass is 10.2. The van der Waals surface area contributed by atoms with Gasteiger partial charge < -0.3 is 10.5 Å². The molecule has 22 heavy (non-hydrogen) atoms. The van der Waals surface area contributed by atoms with E-state index in [0.29, 0.717) is 11.4 Å². The number of rotatable bonds is 5. The molecule has 0 heterocycles. The van der Waals surface area contributed by atoms with Crippen LogP contribution in [0.1, 0.15) is 10.4 Å². The molecule has 0 atom stereocenters. The fourth-order valence-corrected chi connectivity index (χ4v) is 3.14. The van der Waals surface area contributed by atoms with Gasteiger partial charge in [0.25, 0.3) is 10.0 Å². The molecule has 0 aromatic heterocycles. The zero-order valence-electron chi connectivity index (χ0n) is 11.5. The third kappa shape index (κ3) is 3.49. The first-order valence-electron chi connectivity index (χ1n) is 6.10. The van der Waals surface area contributed by atoms with Crippen LogP contribution in [0, 0.1) is 0 Å². The highest BCUT2D eigenvalue weighted by Crippen LogP contribution is 2.27. The van der Waals surface area contributed by atoms with E-state index < -0.39 is 15.9 Å². The molecular weight excluding hydrogens is 328 g/mol. The van der Waals surface area contributed by atoms with Gasteiger partial charge in [0.15, 0.2) is 0 Å². The Morgan fingerprint density at radius 1 is 1.18 bits per heavy atom. The summed E-state index contributed by atoms with van der Waals surface area (Å²) in [5.41, 5.74) is 5.71. The highest BCUT2D eigenvalue weighted by Gasteiger charge is 2.16. The minimum atomic E-state index is -3.80. The molecule has 2 rings (SSSR count). The van der Waals surface area contributed by atoms with Gasteiger partial charge in [-0.1, -0.05) is 11.6 Å². The van der Waals surface area contributed by atoms with Gasteiger partial charge in [0, 0.05) is 11.3 Å². The number of amides is 1. The lowest BCUT2D eigenvalue weighted by Gasteiger charge is -2.10. The molecule has 0 radical (unpaired) electrons. The van der Waals surface area contributed by atoms with Gasteiger partial charge >= 0.3 is 0 Å². The van der Waals surface area contributed by atoms with E-state index in [4.69, 9.17) is 22.1 Å². The van der Waals surface area contributed by atoms with Gasteiger partial charge in [0.05, 0.1) is 17.0 Å². The second-order valence-electron chi connectivity index (χ2n) is 4.34. The number of carbonyl (C=O) groups is 1. The number of nitrogens with two attached hydrogens (primary N) is 1. The predicted molar refractivity (Wildman–Crippen MR) is 83.8 cm³/mol. The molecule has 1 amide bonds. The topological polar surface area (TPSA) is 98.5 Å². The monoisotopic (exact) mass is 340 g/mol. The lowest BCUT2D eigenvalue weighted by molar-refractivity contribution is 0.100. The van der Waals surface area contributed by atoms with Crippen molar-refractivity contribution in [3.05, 3.63) is 53.1 Å². The Kier molecular flexibility index (Phi) is 4.58. The van der Waals surface area contributed by atoms with Gasteiger partial charge in [-0.2, -0.15) is 0 Å². The Bertz CT molecular complexity index is 804. The van der Waals surface area contributed by atoms with Crippen LogP contribution in [0.25, 0.3) is 0 Å². The van der Waals surface area contributed by atoms with E-state index in [0.717, 1.165) is 0 Å². The van der Waals surface area contributed by atoms with Crippen LogP contribution in [0.3, 0.4) is 0 Å². The largest absolute Gasteiger partial charge is 0.495 e. The zero-order valence-corrected chi connectivity index (χ0v) is 13.1. The maximum atomic E-state index is 12.3. The quantitative estimate of drug-likeness (QED) is 0.872. The first-order chi connectivity index (χ1) is 10.3. The van der Waals surface area contributed by atoms with Crippen LogP contribution in [0.5, 0.6) is 5.75 Å². The van der Waals surface area contributed by atoms with E-state index in [2.05, 4.69) is 4.72 Å². The SMILES string of the molecule is COc1ccc(S(=O)(=O)Nc2ccc(C(N)=O)cc2)cc1Cl. The number of hydrogen-bond acceptors (Lipinski definition) is 4. The van der Waals surface area contributed by atoms with Gasteiger partial charge in [-0.15, -0.1) is 0 Å².